The van der Waals surface area contributed by atoms with Gasteiger partial charge in [0.1, 0.15) is 5.69 Å². The minimum atomic E-state index is -0.149. The van der Waals surface area contributed by atoms with Crippen molar-refractivity contribution in [3.05, 3.63) is 46.7 Å². The third-order valence-corrected chi connectivity index (χ3v) is 4.99. The normalized spacial score (nSPS) is 21.8. The maximum Gasteiger partial charge on any atom is 0.223 e. The van der Waals surface area contributed by atoms with Crippen LogP contribution in [0.1, 0.15) is 31.5 Å². The predicted molar refractivity (Wildman–Crippen MR) is 99.7 cm³/mol. The van der Waals surface area contributed by atoms with E-state index in [4.69, 9.17) is 16.3 Å². The number of fused-ring (bicyclic) bond motifs is 2. The number of aryl methyl sites for hydroxylation is 1. The zero-order chi connectivity index (χ0) is 18.5. The zero-order valence-corrected chi connectivity index (χ0v) is 15.9. The lowest BCUT2D eigenvalue weighted by Crippen LogP contribution is -2.45. The lowest BCUT2D eigenvalue weighted by molar-refractivity contribution is -0.127. The van der Waals surface area contributed by atoms with Crippen LogP contribution in [0, 0.1) is 11.8 Å². The van der Waals surface area contributed by atoms with E-state index in [0.717, 1.165) is 11.3 Å². The Kier molecular flexibility index (Phi) is 6.27. The highest BCUT2D eigenvalue weighted by Crippen LogP contribution is 2.18. The van der Waals surface area contributed by atoms with E-state index in [2.05, 4.69) is 29.5 Å². The van der Waals surface area contributed by atoms with Gasteiger partial charge in [-0.05, 0) is 36.5 Å². The molecule has 26 heavy (non-hydrogen) atoms. The van der Waals surface area contributed by atoms with Crippen molar-refractivity contribution >= 4 is 17.5 Å². The van der Waals surface area contributed by atoms with E-state index in [9.17, 15) is 4.79 Å². The molecule has 2 aromatic rings. The van der Waals surface area contributed by atoms with E-state index in [0.29, 0.717) is 37.6 Å². The molecule has 1 aromatic carbocycles. The van der Waals surface area contributed by atoms with Crippen LogP contribution in [0.4, 0.5) is 0 Å². The van der Waals surface area contributed by atoms with E-state index in [1.807, 2.05) is 30.5 Å². The van der Waals surface area contributed by atoms with E-state index in [1.165, 1.54) is 0 Å². The molecule has 2 bridgehead atoms. The summed E-state index contributed by atoms with van der Waals surface area (Å²) < 4.78 is 7.53. The SMILES string of the molecule is CC(C)[C@@H]1COCc2cn(nn2)CC[C@@H](Cc2ccc(Cl)cc2)C(=O)N1. The summed E-state index contributed by atoms with van der Waals surface area (Å²) in [6.45, 7) is 5.69. The van der Waals surface area contributed by atoms with Crippen LogP contribution < -0.4 is 5.32 Å². The van der Waals surface area contributed by atoms with Gasteiger partial charge >= 0.3 is 0 Å². The van der Waals surface area contributed by atoms with Gasteiger partial charge in [-0.2, -0.15) is 0 Å². The second-order valence-electron chi connectivity index (χ2n) is 7.16. The van der Waals surface area contributed by atoms with Crippen molar-refractivity contribution in [2.45, 2.75) is 45.9 Å². The van der Waals surface area contributed by atoms with Crippen LogP contribution in [0.2, 0.25) is 5.02 Å². The molecule has 1 aromatic heterocycles. The lowest BCUT2D eigenvalue weighted by atomic mass is 9.94. The van der Waals surface area contributed by atoms with Gasteiger partial charge in [0.2, 0.25) is 5.91 Å². The van der Waals surface area contributed by atoms with Gasteiger partial charge in [0.25, 0.3) is 0 Å². The number of hydrogen-bond acceptors (Lipinski definition) is 4. The Bertz CT molecular complexity index is 729. The topological polar surface area (TPSA) is 69.0 Å². The van der Waals surface area contributed by atoms with Crippen LogP contribution in [0.15, 0.2) is 30.5 Å². The average Bonchev–Trinajstić information content (AvgIpc) is 3.06. The van der Waals surface area contributed by atoms with Gasteiger partial charge < -0.3 is 10.1 Å². The van der Waals surface area contributed by atoms with E-state index in [1.54, 1.807) is 4.68 Å². The third-order valence-electron chi connectivity index (χ3n) is 4.74. The summed E-state index contributed by atoms with van der Waals surface area (Å²) >= 11 is 5.97. The highest BCUT2D eigenvalue weighted by molar-refractivity contribution is 6.30. The zero-order valence-electron chi connectivity index (χ0n) is 15.2. The number of amides is 1. The molecule has 140 valence electrons. The number of ether oxygens (including phenoxy) is 1. The maximum absolute atomic E-state index is 12.9. The van der Waals surface area contributed by atoms with Gasteiger partial charge in [-0.3, -0.25) is 9.48 Å². The van der Waals surface area contributed by atoms with E-state index in [-0.39, 0.29) is 23.8 Å². The molecular weight excluding hydrogens is 352 g/mol. The number of nitrogens with one attached hydrogen (secondary N) is 1. The Morgan fingerprint density at radius 1 is 1.35 bits per heavy atom. The molecule has 6 nitrogen and oxygen atoms in total. The predicted octanol–water partition coefficient (Wildman–Crippen LogP) is 2.85. The highest BCUT2D eigenvalue weighted by Gasteiger charge is 2.24. The molecule has 0 radical (unpaired) electrons. The summed E-state index contributed by atoms with van der Waals surface area (Å²) in [5.74, 6) is 0.196. The molecule has 0 fully saturated rings. The van der Waals surface area contributed by atoms with Crippen LogP contribution in [-0.4, -0.2) is 33.5 Å². The molecule has 0 saturated heterocycles. The Morgan fingerprint density at radius 3 is 2.85 bits per heavy atom. The first-order chi connectivity index (χ1) is 12.5. The fraction of sp³-hybridized carbons (Fsp3) is 0.526. The molecule has 2 atom stereocenters. The van der Waals surface area contributed by atoms with Crippen LogP contribution in [0.5, 0.6) is 0 Å². The molecular formula is C19H25ClN4O2. The summed E-state index contributed by atoms with van der Waals surface area (Å²) in [5, 5.41) is 12.1. The minimum Gasteiger partial charge on any atom is -0.373 e. The summed E-state index contributed by atoms with van der Waals surface area (Å²) in [7, 11) is 0. The van der Waals surface area contributed by atoms with Crippen molar-refractivity contribution in [1.82, 2.24) is 20.3 Å². The largest absolute Gasteiger partial charge is 0.373 e. The second-order valence-corrected chi connectivity index (χ2v) is 7.60. The first-order valence-electron chi connectivity index (χ1n) is 9.03. The molecule has 1 aliphatic heterocycles. The Balaban J connectivity index is 1.79. The van der Waals surface area contributed by atoms with Gasteiger partial charge in [0, 0.05) is 17.5 Å². The average molecular weight is 377 g/mol. The van der Waals surface area contributed by atoms with Gasteiger partial charge in [-0.1, -0.05) is 42.8 Å². The lowest BCUT2D eigenvalue weighted by Gasteiger charge is -2.26. The van der Waals surface area contributed by atoms with Gasteiger partial charge in [0.05, 0.1) is 25.5 Å². The summed E-state index contributed by atoms with van der Waals surface area (Å²) in [4.78, 5) is 12.9. The second kappa shape index (κ2) is 8.64. The minimum absolute atomic E-state index is 0.0234. The molecule has 1 aliphatic rings. The first-order valence-corrected chi connectivity index (χ1v) is 9.40. The molecule has 7 heteroatoms. The molecule has 0 unspecified atom stereocenters. The highest BCUT2D eigenvalue weighted by atomic mass is 35.5. The number of benzene rings is 1. The van der Waals surface area contributed by atoms with Crippen LogP contribution in [-0.2, 0) is 29.1 Å². The monoisotopic (exact) mass is 376 g/mol. The summed E-state index contributed by atoms with van der Waals surface area (Å²) in [6, 6.07) is 7.65. The van der Waals surface area contributed by atoms with Crippen molar-refractivity contribution < 1.29 is 9.53 Å². The molecule has 0 aliphatic carbocycles. The van der Waals surface area contributed by atoms with Crippen molar-refractivity contribution in [3.63, 3.8) is 0 Å². The maximum atomic E-state index is 12.9. The van der Waals surface area contributed by atoms with Crippen LogP contribution >= 0.6 is 11.6 Å². The van der Waals surface area contributed by atoms with Crippen LogP contribution in [0.3, 0.4) is 0 Å². The molecule has 3 rings (SSSR count). The van der Waals surface area contributed by atoms with Crippen LogP contribution in [0.25, 0.3) is 0 Å². The fourth-order valence-electron chi connectivity index (χ4n) is 3.02. The molecule has 1 amide bonds. The summed E-state index contributed by atoms with van der Waals surface area (Å²) in [6.07, 6.45) is 3.25. The Hall–Kier alpha value is -1.92. The molecule has 1 N–H and O–H groups in total. The fourth-order valence-corrected chi connectivity index (χ4v) is 3.15. The van der Waals surface area contributed by atoms with E-state index >= 15 is 0 Å². The van der Waals surface area contributed by atoms with Crippen molar-refractivity contribution in [1.29, 1.82) is 0 Å². The van der Waals surface area contributed by atoms with Gasteiger partial charge in [-0.15, -0.1) is 5.10 Å². The standard InChI is InChI=1S/C19H25ClN4O2/c1-13(2)18-12-26-11-17-10-24(23-22-17)8-7-15(19(25)21-18)9-14-3-5-16(20)6-4-14/h3-6,10,13,15,18H,7-9,11-12H2,1-2H3,(H,21,25)/t15-,18-/m0/s1. The number of carbonyl (C=O) groups excluding carboxylic acids is 1. The van der Waals surface area contributed by atoms with Crippen molar-refractivity contribution in [2.75, 3.05) is 6.61 Å². The Morgan fingerprint density at radius 2 is 2.12 bits per heavy atom. The number of nitrogens with zero attached hydrogens (tertiary/aromatic N) is 3. The van der Waals surface area contributed by atoms with Gasteiger partial charge in [-0.25, -0.2) is 0 Å². The van der Waals surface area contributed by atoms with Crippen molar-refractivity contribution in [2.24, 2.45) is 11.8 Å². The smallest absolute Gasteiger partial charge is 0.223 e. The Labute approximate surface area is 158 Å². The molecule has 2 heterocycles. The van der Waals surface area contributed by atoms with Gasteiger partial charge in [0.15, 0.2) is 0 Å². The number of hydrogen-bond donors (Lipinski definition) is 1. The first kappa shape index (κ1) is 18.9. The van der Waals surface area contributed by atoms with Crippen molar-refractivity contribution in [3.8, 4) is 0 Å². The number of halogens is 1. The number of aromatic nitrogens is 3. The summed E-state index contributed by atoms with van der Waals surface area (Å²) in [5.41, 5.74) is 1.91. The quantitative estimate of drug-likeness (QED) is 0.894. The molecule has 0 saturated carbocycles. The molecule has 0 spiro atoms. The van der Waals surface area contributed by atoms with E-state index < -0.39 is 0 Å². The third kappa shape index (κ3) is 5.05. The number of rotatable bonds is 3. The number of carbonyl (C=O) groups is 1.